The first kappa shape index (κ1) is 16.4. The summed E-state index contributed by atoms with van der Waals surface area (Å²) in [7, 11) is -1.03. The minimum absolute atomic E-state index is 0.0264. The van der Waals surface area contributed by atoms with Crippen molar-refractivity contribution >= 4 is 15.8 Å². The van der Waals surface area contributed by atoms with Crippen LogP contribution in [0.15, 0.2) is 0 Å². The van der Waals surface area contributed by atoms with Gasteiger partial charge < -0.3 is 15.3 Å². The molecule has 1 heterocycles. The van der Waals surface area contributed by atoms with Crippen LogP contribution in [0.2, 0.25) is 0 Å². The van der Waals surface area contributed by atoms with Gasteiger partial charge in [-0.25, -0.2) is 8.42 Å². The van der Waals surface area contributed by atoms with E-state index in [1.807, 2.05) is 25.8 Å². The van der Waals surface area contributed by atoms with Crippen molar-refractivity contribution in [3.05, 3.63) is 0 Å². The fourth-order valence-electron chi connectivity index (χ4n) is 2.32. The molecule has 0 aliphatic carbocycles. The van der Waals surface area contributed by atoms with Crippen molar-refractivity contribution in [2.24, 2.45) is 0 Å². The molecule has 0 amide bonds. The van der Waals surface area contributed by atoms with E-state index < -0.39 is 21.8 Å². The molecule has 2 unspecified atom stereocenters. The van der Waals surface area contributed by atoms with Crippen LogP contribution in [0.25, 0.3) is 0 Å². The highest BCUT2D eigenvalue weighted by Crippen LogP contribution is 2.16. The predicted octanol–water partition coefficient (Wildman–Crippen LogP) is -0.0534. The lowest BCUT2D eigenvalue weighted by Gasteiger charge is -2.25. The Bertz CT molecular complexity index is 408. The van der Waals surface area contributed by atoms with Crippen LogP contribution in [0, 0.1) is 0 Å². The third-order valence-corrected chi connectivity index (χ3v) is 5.19. The molecule has 2 atom stereocenters. The molecule has 0 spiro atoms. The molecule has 112 valence electrons. The first-order valence-electron chi connectivity index (χ1n) is 6.61. The number of rotatable bonds is 7. The van der Waals surface area contributed by atoms with Gasteiger partial charge in [-0.1, -0.05) is 13.8 Å². The number of hydrogen-bond acceptors (Lipinski definition) is 5. The largest absolute Gasteiger partial charge is 0.480 e. The van der Waals surface area contributed by atoms with Gasteiger partial charge in [-0.2, -0.15) is 0 Å². The highest BCUT2D eigenvalue weighted by atomic mass is 32.2. The van der Waals surface area contributed by atoms with E-state index in [0.29, 0.717) is 19.4 Å². The Morgan fingerprint density at radius 1 is 1.47 bits per heavy atom. The number of nitrogens with one attached hydrogen (secondary N) is 1. The van der Waals surface area contributed by atoms with Gasteiger partial charge in [-0.3, -0.25) is 4.79 Å². The number of carbonyl (C=O) groups is 1. The second kappa shape index (κ2) is 6.67. The van der Waals surface area contributed by atoms with Crippen LogP contribution < -0.4 is 5.32 Å². The minimum atomic E-state index is -2.89. The molecule has 7 heteroatoms. The van der Waals surface area contributed by atoms with E-state index in [4.69, 9.17) is 5.11 Å². The number of hydrogen-bond donors (Lipinski definition) is 2. The summed E-state index contributed by atoms with van der Waals surface area (Å²) >= 11 is 0. The van der Waals surface area contributed by atoms with Crippen molar-refractivity contribution in [3.63, 3.8) is 0 Å². The van der Waals surface area contributed by atoms with E-state index in [9.17, 15) is 13.2 Å². The summed E-state index contributed by atoms with van der Waals surface area (Å²) in [6.07, 6.45) is 1.12. The number of carboxylic acids is 1. The second-order valence-corrected chi connectivity index (χ2v) is 7.77. The highest BCUT2D eigenvalue weighted by Gasteiger charge is 2.31. The second-order valence-electron chi connectivity index (χ2n) is 5.54. The summed E-state index contributed by atoms with van der Waals surface area (Å²) in [4.78, 5) is 13.1. The molecule has 1 rings (SSSR count). The molecular weight excluding hydrogens is 268 g/mol. The molecule has 0 radical (unpaired) electrons. The van der Waals surface area contributed by atoms with E-state index in [1.165, 1.54) is 0 Å². The Hall–Kier alpha value is -0.660. The molecule has 0 saturated carbocycles. The molecule has 1 fully saturated rings. The topological polar surface area (TPSA) is 86.7 Å². The van der Waals surface area contributed by atoms with Crippen LogP contribution in [0.5, 0.6) is 0 Å². The molecule has 0 aromatic heterocycles. The quantitative estimate of drug-likeness (QED) is 0.684. The van der Waals surface area contributed by atoms with Crippen molar-refractivity contribution in [1.82, 2.24) is 10.2 Å². The Morgan fingerprint density at radius 2 is 2.11 bits per heavy atom. The van der Waals surface area contributed by atoms with Crippen LogP contribution in [0.3, 0.4) is 0 Å². The summed E-state index contributed by atoms with van der Waals surface area (Å²) in [5.74, 6) is -0.422. The van der Waals surface area contributed by atoms with Crippen molar-refractivity contribution < 1.29 is 18.3 Å². The SMILES string of the molecule is CC(C)NC(CCN(C)C1CCS(=O)(=O)C1)C(=O)O. The monoisotopic (exact) mass is 292 g/mol. The molecule has 0 bridgehead atoms. The maximum absolute atomic E-state index is 11.4. The predicted molar refractivity (Wildman–Crippen MR) is 74.0 cm³/mol. The Morgan fingerprint density at radius 3 is 2.53 bits per heavy atom. The van der Waals surface area contributed by atoms with Crippen LogP contribution >= 0.6 is 0 Å². The summed E-state index contributed by atoms with van der Waals surface area (Å²) < 4.78 is 22.8. The zero-order valence-electron chi connectivity index (χ0n) is 11.8. The lowest BCUT2D eigenvalue weighted by molar-refractivity contribution is -0.140. The number of sulfone groups is 1. The third-order valence-electron chi connectivity index (χ3n) is 3.43. The molecule has 1 aliphatic heterocycles. The zero-order chi connectivity index (χ0) is 14.6. The maximum Gasteiger partial charge on any atom is 0.320 e. The number of aliphatic carboxylic acids is 1. The van der Waals surface area contributed by atoms with Gasteiger partial charge >= 0.3 is 5.97 Å². The van der Waals surface area contributed by atoms with Gasteiger partial charge in [0.1, 0.15) is 6.04 Å². The lowest BCUT2D eigenvalue weighted by Crippen LogP contribution is -2.44. The van der Waals surface area contributed by atoms with Crippen LogP contribution in [-0.2, 0) is 14.6 Å². The smallest absolute Gasteiger partial charge is 0.320 e. The average molecular weight is 292 g/mol. The molecule has 2 N–H and O–H groups in total. The van der Waals surface area contributed by atoms with Gasteiger partial charge in [0.05, 0.1) is 11.5 Å². The van der Waals surface area contributed by atoms with E-state index in [2.05, 4.69) is 5.32 Å². The van der Waals surface area contributed by atoms with Crippen LogP contribution in [0.4, 0.5) is 0 Å². The summed E-state index contributed by atoms with van der Waals surface area (Å²) in [6.45, 7) is 4.39. The van der Waals surface area contributed by atoms with Crippen molar-refractivity contribution in [2.45, 2.75) is 44.8 Å². The van der Waals surface area contributed by atoms with E-state index in [0.717, 1.165) is 0 Å². The zero-order valence-corrected chi connectivity index (χ0v) is 12.6. The summed E-state index contributed by atoms with van der Waals surface area (Å²) in [6, 6.07) is -0.447. The average Bonchev–Trinajstić information content (AvgIpc) is 2.63. The van der Waals surface area contributed by atoms with Crippen molar-refractivity contribution in [1.29, 1.82) is 0 Å². The van der Waals surface area contributed by atoms with Crippen LogP contribution in [-0.4, -0.2) is 67.6 Å². The van der Waals surface area contributed by atoms with Gasteiger partial charge in [-0.15, -0.1) is 0 Å². The fourth-order valence-corrected chi connectivity index (χ4v) is 4.12. The Labute approximate surface area is 115 Å². The Balaban J connectivity index is 2.44. The number of nitrogens with zero attached hydrogens (tertiary/aromatic N) is 1. The van der Waals surface area contributed by atoms with Crippen LogP contribution in [0.1, 0.15) is 26.7 Å². The Kier molecular flexibility index (Phi) is 5.76. The van der Waals surface area contributed by atoms with Gasteiger partial charge in [0.25, 0.3) is 0 Å². The third kappa shape index (κ3) is 5.46. The summed E-state index contributed by atoms with van der Waals surface area (Å²) in [5.41, 5.74) is 0. The van der Waals surface area contributed by atoms with E-state index >= 15 is 0 Å². The van der Waals surface area contributed by atoms with Gasteiger partial charge in [0.2, 0.25) is 0 Å². The van der Waals surface area contributed by atoms with Gasteiger partial charge in [0.15, 0.2) is 9.84 Å². The minimum Gasteiger partial charge on any atom is -0.480 e. The summed E-state index contributed by atoms with van der Waals surface area (Å²) in [5, 5.41) is 12.1. The fraction of sp³-hybridized carbons (Fsp3) is 0.917. The van der Waals surface area contributed by atoms with Crippen molar-refractivity contribution in [3.8, 4) is 0 Å². The highest BCUT2D eigenvalue weighted by molar-refractivity contribution is 7.91. The molecule has 0 aromatic carbocycles. The van der Waals surface area contributed by atoms with Gasteiger partial charge in [0, 0.05) is 18.6 Å². The number of carboxylic acid groups (broad SMARTS) is 1. The first-order chi connectivity index (χ1) is 8.71. The van der Waals surface area contributed by atoms with E-state index in [-0.39, 0.29) is 23.6 Å². The van der Waals surface area contributed by atoms with Gasteiger partial charge in [-0.05, 0) is 19.9 Å². The molecule has 1 saturated heterocycles. The normalized spacial score (nSPS) is 23.9. The molecule has 0 aromatic rings. The molecule has 19 heavy (non-hydrogen) atoms. The maximum atomic E-state index is 11.4. The molecular formula is C12H24N2O4S. The lowest BCUT2D eigenvalue weighted by atomic mass is 10.1. The first-order valence-corrected chi connectivity index (χ1v) is 8.43. The standard InChI is InChI=1S/C12H24N2O4S/c1-9(2)13-11(12(15)16)4-6-14(3)10-5-7-19(17,18)8-10/h9-11,13H,4-8H2,1-3H3,(H,15,16). The molecule has 1 aliphatic rings. The van der Waals surface area contributed by atoms with E-state index in [1.54, 1.807) is 0 Å². The molecule has 6 nitrogen and oxygen atoms in total. The van der Waals surface area contributed by atoms with Crippen molar-refractivity contribution in [2.75, 3.05) is 25.1 Å².